The summed E-state index contributed by atoms with van der Waals surface area (Å²) in [5.74, 6) is 0. The molecule has 3 rings (SSSR count). The van der Waals surface area contributed by atoms with Crippen molar-refractivity contribution in [3.8, 4) is 0 Å². The second-order valence-electron chi connectivity index (χ2n) is 7.52. The van der Waals surface area contributed by atoms with Gasteiger partial charge in [0.05, 0.1) is 13.2 Å². The van der Waals surface area contributed by atoms with Crippen LogP contribution in [0.1, 0.15) is 39.3 Å². The molecule has 0 unspecified atom stereocenters. The van der Waals surface area contributed by atoms with Crippen molar-refractivity contribution in [1.82, 2.24) is 9.88 Å². The summed E-state index contributed by atoms with van der Waals surface area (Å²) in [6.45, 7) is 13.0. The van der Waals surface area contributed by atoms with Crippen molar-refractivity contribution >= 4 is 5.69 Å². The highest BCUT2D eigenvalue weighted by molar-refractivity contribution is 5.48. The number of pyridine rings is 1. The van der Waals surface area contributed by atoms with Gasteiger partial charge in [-0.3, -0.25) is 9.88 Å². The first kappa shape index (κ1) is 15.8. The summed E-state index contributed by atoms with van der Waals surface area (Å²) in [6, 6.07) is 5.17. The summed E-state index contributed by atoms with van der Waals surface area (Å²) >= 11 is 0. The third-order valence-electron chi connectivity index (χ3n) is 4.90. The fourth-order valence-corrected chi connectivity index (χ4v) is 3.46. The molecule has 0 aromatic carbocycles. The predicted octanol–water partition coefficient (Wildman–Crippen LogP) is 2.68. The molecule has 0 radical (unpaired) electrons. The number of hydrogen-bond acceptors (Lipinski definition) is 4. The Morgan fingerprint density at radius 2 is 1.77 bits per heavy atom. The molecule has 4 nitrogen and oxygen atoms in total. The zero-order valence-electron chi connectivity index (χ0n) is 14.2. The monoisotopic (exact) mass is 303 g/mol. The number of rotatable bonds is 2. The highest BCUT2D eigenvalue weighted by atomic mass is 16.5. The van der Waals surface area contributed by atoms with E-state index in [1.807, 2.05) is 6.20 Å². The lowest BCUT2D eigenvalue weighted by Crippen LogP contribution is -2.49. The van der Waals surface area contributed by atoms with Gasteiger partial charge in [0.15, 0.2) is 0 Å². The summed E-state index contributed by atoms with van der Waals surface area (Å²) in [5, 5.41) is 0. The van der Waals surface area contributed by atoms with Crippen LogP contribution in [0.5, 0.6) is 0 Å². The normalized spacial score (nSPS) is 22.0. The van der Waals surface area contributed by atoms with Gasteiger partial charge in [-0.05, 0) is 25.0 Å². The molecule has 0 saturated carbocycles. The van der Waals surface area contributed by atoms with Crippen LogP contribution in [0.25, 0.3) is 0 Å². The largest absolute Gasteiger partial charge is 0.379 e. The van der Waals surface area contributed by atoms with Crippen molar-refractivity contribution < 1.29 is 4.74 Å². The Morgan fingerprint density at radius 3 is 2.41 bits per heavy atom. The molecule has 1 aromatic heterocycles. The van der Waals surface area contributed by atoms with Crippen LogP contribution in [0.15, 0.2) is 18.3 Å². The van der Waals surface area contributed by atoms with E-state index in [1.165, 1.54) is 24.2 Å². The molecular formula is C18H29N3O. The molecule has 0 atom stereocenters. The van der Waals surface area contributed by atoms with Gasteiger partial charge >= 0.3 is 0 Å². The van der Waals surface area contributed by atoms with Crippen LogP contribution in [-0.2, 0) is 10.2 Å². The Morgan fingerprint density at radius 1 is 1.09 bits per heavy atom. The van der Waals surface area contributed by atoms with Crippen LogP contribution in [0.2, 0.25) is 0 Å². The van der Waals surface area contributed by atoms with Gasteiger partial charge in [-0.1, -0.05) is 20.8 Å². The number of hydrogen-bond donors (Lipinski definition) is 0. The maximum Gasteiger partial charge on any atom is 0.0594 e. The Balaban J connectivity index is 1.61. The van der Waals surface area contributed by atoms with Gasteiger partial charge in [0, 0.05) is 55.2 Å². The Kier molecular flexibility index (Phi) is 4.69. The molecule has 3 heterocycles. The van der Waals surface area contributed by atoms with E-state index in [9.17, 15) is 0 Å². The Hall–Kier alpha value is -1.13. The van der Waals surface area contributed by atoms with Crippen LogP contribution >= 0.6 is 0 Å². The lowest BCUT2D eigenvalue weighted by atomic mass is 9.91. The first-order valence-electron chi connectivity index (χ1n) is 8.57. The van der Waals surface area contributed by atoms with E-state index in [-0.39, 0.29) is 5.41 Å². The topological polar surface area (TPSA) is 28.6 Å². The van der Waals surface area contributed by atoms with E-state index in [0.717, 1.165) is 45.4 Å². The maximum atomic E-state index is 5.47. The molecule has 2 fully saturated rings. The molecule has 2 aliphatic rings. The third-order valence-corrected chi connectivity index (χ3v) is 4.90. The number of morpholine rings is 1. The average Bonchev–Trinajstić information content (AvgIpc) is 2.55. The van der Waals surface area contributed by atoms with Gasteiger partial charge in [0.2, 0.25) is 0 Å². The van der Waals surface area contributed by atoms with E-state index < -0.39 is 0 Å². The van der Waals surface area contributed by atoms with Crippen molar-refractivity contribution in [2.24, 2.45) is 0 Å². The summed E-state index contributed by atoms with van der Waals surface area (Å²) in [5.41, 5.74) is 2.63. The number of anilines is 1. The second-order valence-corrected chi connectivity index (χ2v) is 7.52. The van der Waals surface area contributed by atoms with E-state index in [4.69, 9.17) is 4.74 Å². The van der Waals surface area contributed by atoms with Gasteiger partial charge in [0.25, 0.3) is 0 Å². The molecule has 0 spiro atoms. The van der Waals surface area contributed by atoms with Crippen molar-refractivity contribution in [3.63, 3.8) is 0 Å². The minimum atomic E-state index is 0.113. The molecule has 4 heteroatoms. The van der Waals surface area contributed by atoms with Crippen molar-refractivity contribution in [2.45, 2.75) is 45.1 Å². The third kappa shape index (κ3) is 3.61. The van der Waals surface area contributed by atoms with Gasteiger partial charge < -0.3 is 9.64 Å². The molecular weight excluding hydrogens is 274 g/mol. The van der Waals surface area contributed by atoms with Gasteiger partial charge in [-0.2, -0.15) is 0 Å². The van der Waals surface area contributed by atoms with Gasteiger partial charge in [-0.15, -0.1) is 0 Å². The Labute approximate surface area is 134 Å². The van der Waals surface area contributed by atoms with E-state index in [1.54, 1.807) is 0 Å². The van der Waals surface area contributed by atoms with Crippen LogP contribution < -0.4 is 4.90 Å². The minimum Gasteiger partial charge on any atom is -0.379 e. The molecule has 0 aliphatic carbocycles. The average molecular weight is 303 g/mol. The molecule has 122 valence electrons. The summed E-state index contributed by atoms with van der Waals surface area (Å²) in [7, 11) is 0. The van der Waals surface area contributed by atoms with Gasteiger partial charge in [0.1, 0.15) is 0 Å². The van der Waals surface area contributed by atoms with Crippen molar-refractivity contribution in [1.29, 1.82) is 0 Å². The molecule has 22 heavy (non-hydrogen) atoms. The quantitative estimate of drug-likeness (QED) is 0.840. The van der Waals surface area contributed by atoms with Crippen LogP contribution in [-0.4, -0.2) is 55.3 Å². The summed E-state index contributed by atoms with van der Waals surface area (Å²) in [6.07, 6.45) is 4.48. The highest BCUT2D eigenvalue weighted by Crippen LogP contribution is 2.27. The molecule has 2 aliphatic heterocycles. The minimum absolute atomic E-state index is 0.113. The second kappa shape index (κ2) is 6.55. The van der Waals surface area contributed by atoms with Gasteiger partial charge in [-0.25, -0.2) is 0 Å². The first-order chi connectivity index (χ1) is 10.5. The van der Waals surface area contributed by atoms with Crippen LogP contribution in [0.3, 0.4) is 0 Å². The van der Waals surface area contributed by atoms with Crippen LogP contribution in [0.4, 0.5) is 5.69 Å². The Bertz CT molecular complexity index is 483. The predicted molar refractivity (Wildman–Crippen MR) is 90.6 cm³/mol. The lowest BCUT2D eigenvalue weighted by molar-refractivity contribution is 0.0115. The molecule has 0 N–H and O–H groups in total. The number of ether oxygens (including phenoxy) is 1. The SMILES string of the molecule is CC(C)(C)c1cc(N2CCC(N3CCOCC3)CC2)ccn1. The zero-order valence-corrected chi connectivity index (χ0v) is 14.2. The molecule has 1 aromatic rings. The van der Waals surface area contributed by atoms with E-state index in [0.29, 0.717) is 0 Å². The van der Waals surface area contributed by atoms with E-state index in [2.05, 4.69) is 47.7 Å². The van der Waals surface area contributed by atoms with Crippen LogP contribution in [0, 0.1) is 0 Å². The highest BCUT2D eigenvalue weighted by Gasteiger charge is 2.26. The zero-order chi connectivity index (χ0) is 15.6. The van der Waals surface area contributed by atoms with Crippen molar-refractivity contribution in [3.05, 3.63) is 24.0 Å². The molecule has 0 bridgehead atoms. The van der Waals surface area contributed by atoms with Crippen molar-refractivity contribution in [2.75, 3.05) is 44.3 Å². The molecule has 2 saturated heterocycles. The standard InChI is InChI=1S/C18H29N3O/c1-18(2,3)17-14-16(4-7-19-17)20-8-5-15(6-9-20)21-10-12-22-13-11-21/h4,7,14-15H,5-6,8-13H2,1-3H3. The maximum absolute atomic E-state index is 5.47. The number of nitrogens with zero attached hydrogens (tertiary/aromatic N) is 3. The fraction of sp³-hybridized carbons (Fsp3) is 0.722. The first-order valence-corrected chi connectivity index (χ1v) is 8.57. The molecule has 0 amide bonds. The number of piperidine rings is 1. The van der Waals surface area contributed by atoms with E-state index >= 15 is 0 Å². The lowest BCUT2D eigenvalue weighted by Gasteiger charge is -2.41. The summed E-state index contributed by atoms with van der Waals surface area (Å²) in [4.78, 5) is 9.69. The number of aromatic nitrogens is 1. The smallest absolute Gasteiger partial charge is 0.0594 e. The summed E-state index contributed by atoms with van der Waals surface area (Å²) < 4.78 is 5.47. The fourth-order valence-electron chi connectivity index (χ4n) is 3.46.